The third-order valence-corrected chi connectivity index (χ3v) is 2.29. The van der Waals surface area contributed by atoms with Crippen LogP contribution in [0.25, 0.3) is 6.08 Å². The Kier molecular flexibility index (Phi) is 1.97. The van der Waals surface area contributed by atoms with E-state index in [1.165, 1.54) is 11.1 Å². The fourth-order valence-corrected chi connectivity index (χ4v) is 1.62. The van der Waals surface area contributed by atoms with Crippen LogP contribution in [0.2, 0.25) is 0 Å². The predicted octanol–water partition coefficient (Wildman–Crippen LogP) is 2.11. The Hall–Kier alpha value is -1.44. The number of nitrogens with zero attached hydrogens (tertiary/aromatic N) is 1. The molecule has 2 nitrogen and oxygen atoms in total. The van der Waals surface area contributed by atoms with E-state index in [1.807, 2.05) is 12.1 Å². The van der Waals surface area contributed by atoms with Crippen LogP contribution in [0.5, 0.6) is 5.75 Å². The second-order valence-electron chi connectivity index (χ2n) is 3.26. The number of rotatable bonds is 1. The van der Waals surface area contributed by atoms with Crippen LogP contribution < -0.4 is 4.74 Å². The molecule has 0 saturated carbocycles. The van der Waals surface area contributed by atoms with Crippen LogP contribution in [0.15, 0.2) is 24.4 Å². The molecule has 2 heteroatoms. The van der Waals surface area contributed by atoms with Gasteiger partial charge in [-0.3, -0.25) is 0 Å². The first-order valence-electron chi connectivity index (χ1n) is 4.35. The Balaban J connectivity index is 2.49. The van der Waals surface area contributed by atoms with Gasteiger partial charge in [-0.25, -0.2) is 0 Å². The molecule has 68 valence electrons. The maximum Gasteiger partial charge on any atom is 0.126 e. The van der Waals surface area contributed by atoms with Crippen molar-refractivity contribution in [2.45, 2.75) is 6.54 Å². The highest BCUT2D eigenvalue weighted by Crippen LogP contribution is 2.27. The van der Waals surface area contributed by atoms with Crippen molar-refractivity contribution in [2.24, 2.45) is 0 Å². The van der Waals surface area contributed by atoms with Crippen molar-refractivity contribution in [1.29, 1.82) is 0 Å². The lowest BCUT2D eigenvalue weighted by molar-refractivity contribution is 0.406. The number of fused-ring (bicyclic) bond motifs is 1. The van der Waals surface area contributed by atoms with Gasteiger partial charge in [-0.2, -0.15) is 0 Å². The average Bonchev–Trinajstić information content (AvgIpc) is 2.16. The lowest BCUT2D eigenvalue weighted by atomic mass is 10.0. The van der Waals surface area contributed by atoms with E-state index >= 15 is 0 Å². The summed E-state index contributed by atoms with van der Waals surface area (Å²) in [6.45, 7) is 0.961. The van der Waals surface area contributed by atoms with Crippen molar-refractivity contribution in [3.05, 3.63) is 35.5 Å². The average molecular weight is 175 g/mol. The molecule has 0 N–H and O–H groups in total. The first-order valence-corrected chi connectivity index (χ1v) is 4.35. The Bertz CT molecular complexity index is 344. The van der Waals surface area contributed by atoms with E-state index in [0.29, 0.717) is 0 Å². The summed E-state index contributed by atoms with van der Waals surface area (Å²) in [5.74, 6) is 0.960. The van der Waals surface area contributed by atoms with Crippen molar-refractivity contribution in [3.63, 3.8) is 0 Å². The summed E-state index contributed by atoms with van der Waals surface area (Å²) in [5.41, 5.74) is 2.53. The topological polar surface area (TPSA) is 12.5 Å². The third kappa shape index (κ3) is 1.39. The lowest BCUT2D eigenvalue weighted by Crippen LogP contribution is -2.14. The van der Waals surface area contributed by atoms with Gasteiger partial charge in [0.15, 0.2) is 0 Å². The minimum atomic E-state index is 0.960. The van der Waals surface area contributed by atoms with Crippen LogP contribution in [0.3, 0.4) is 0 Å². The van der Waals surface area contributed by atoms with E-state index in [2.05, 4.69) is 30.3 Å². The van der Waals surface area contributed by atoms with Gasteiger partial charge in [-0.15, -0.1) is 0 Å². The van der Waals surface area contributed by atoms with Crippen LogP contribution in [-0.4, -0.2) is 19.1 Å². The van der Waals surface area contributed by atoms with Crippen molar-refractivity contribution in [1.82, 2.24) is 4.90 Å². The van der Waals surface area contributed by atoms with Gasteiger partial charge in [0.25, 0.3) is 0 Å². The minimum Gasteiger partial charge on any atom is -0.496 e. The van der Waals surface area contributed by atoms with Crippen LogP contribution in [0.4, 0.5) is 0 Å². The maximum atomic E-state index is 5.28. The normalized spacial score (nSPS) is 14.2. The Morgan fingerprint density at radius 2 is 2.23 bits per heavy atom. The monoisotopic (exact) mass is 175 g/mol. The van der Waals surface area contributed by atoms with Gasteiger partial charge in [0.05, 0.1) is 7.11 Å². The second-order valence-corrected chi connectivity index (χ2v) is 3.26. The molecule has 13 heavy (non-hydrogen) atoms. The van der Waals surface area contributed by atoms with E-state index in [1.54, 1.807) is 7.11 Å². The molecule has 0 fully saturated rings. The van der Waals surface area contributed by atoms with Gasteiger partial charge in [0.2, 0.25) is 0 Å². The SMILES string of the molecule is COc1cccc2c1C=CN(C)C2. The summed E-state index contributed by atoms with van der Waals surface area (Å²) >= 11 is 0. The van der Waals surface area contributed by atoms with Gasteiger partial charge >= 0.3 is 0 Å². The minimum absolute atomic E-state index is 0.960. The molecule has 0 unspecified atom stereocenters. The highest BCUT2D eigenvalue weighted by Gasteiger charge is 2.10. The molecule has 1 aliphatic heterocycles. The van der Waals surface area contributed by atoms with Crippen molar-refractivity contribution in [2.75, 3.05) is 14.2 Å². The van der Waals surface area contributed by atoms with E-state index in [4.69, 9.17) is 4.74 Å². The highest BCUT2D eigenvalue weighted by atomic mass is 16.5. The van der Waals surface area contributed by atoms with Crippen LogP contribution in [-0.2, 0) is 6.54 Å². The van der Waals surface area contributed by atoms with Crippen molar-refractivity contribution >= 4 is 6.08 Å². The molecule has 0 bridgehead atoms. The molecule has 2 rings (SSSR count). The van der Waals surface area contributed by atoms with E-state index in [-0.39, 0.29) is 0 Å². The van der Waals surface area contributed by atoms with E-state index in [9.17, 15) is 0 Å². The number of ether oxygens (including phenoxy) is 1. The summed E-state index contributed by atoms with van der Waals surface area (Å²) in [6.07, 6.45) is 4.17. The van der Waals surface area contributed by atoms with E-state index in [0.717, 1.165) is 12.3 Å². The molecule has 0 amide bonds. The highest BCUT2D eigenvalue weighted by molar-refractivity contribution is 5.62. The smallest absolute Gasteiger partial charge is 0.126 e. The predicted molar refractivity (Wildman–Crippen MR) is 53.5 cm³/mol. The first kappa shape index (κ1) is 8.17. The molecule has 0 radical (unpaired) electrons. The molecular weight excluding hydrogens is 162 g/mol. The summed E-state index contributed by atoms with van der Waals surface area (Å²) in [7, 11) is 3.78. The van der Waals surface area contributed by atoms with Gasteiger partial charge < -0.3 is 9.64 Å². The Morgan fingerprint density at radius 3 is 3.00 bits per heavy atom. The molecule has 1 aromatic rings. The fraction of sp³-hybridized carbons (Fsp3) is 0.273. The third-order valence-electron chi connectivity index (χ3n) is 2.29. The molecule has 0 aromatic heterocycles. The van der Waals surface area contributed by atoms with E-state index < -0.39 is 0 Å². The zero-order valence-corrected chi connectivity index (χ0v) is 7.95. The molecule has 1 aromatic carbocycles. The van der Waals surface area contributed by atoms with Gasteiger partial charge in [0, 0.05) is 19.2 Å². The fourth-order valence-electron chi connectivity index (χ4n) is 1.62. The zero-order valence-electron chi connectivity index (χ0n) is 7.95. The molecular formula is C11H13NO. The molecule has 0 atom stereocenters. The van der Waals surface area contributed by atoms with Crippen molar-refractivity contribution in [3.8, 4) is 5.75 Å². The molecule has 0 spiro atoms. The summed E-state index contributed by atoms with van der Waals surface area (Å²) < 4.78 is 5.28. The number of hydrogen-bond acceptors (Lipinski definition) is 2. The Labute approximate surface area is 78.4 Å². The number of benzene rings is 1. The first-order chi connectivity index (χ1) is 6.31. The largest absolute Gasteiger partial charge is 0.496 e. The van der Waals surface area contributed by atoms with Gasteiger partial charge in [-0.05, 0) is 23.9 Å². The quantitative estimate of drug-likeness (QED) is 0.648. The second kappa shape index (κ2) is 3.13. The molecule has 1 aliphatic rings. The van der Waals surface area contributed by atoms with Gasteiger partial charge in [0.1, 0.15) is 5.75 Å². The van der Waals surface area contributed by atoms with Crippen LogP contribution in [0.1, 0.15) is 11.1 Å². The van der Waals surface area contributed by atoms with Crippen molar-refractivity contribution < 1.29 is 4.74 Å². The molecule has 0 aliphatic carbocycles. The van der Waals surface area contributed by atoms with Crippen LogP contribution in [0, 0.1) is 0 Å². The van der Waals surface area contributed by atoms with Gasteiger partial charge in [-0.1, -0.05) is 12.1 Å². The lowest BCUT2D eigenvalue weighted by Gasteiger charge is -2.21. The molecule has 0 saturated heterocycles. The summed E-state index contributed by atoms with van der Waals surface area (Å²) in [4.78, 5) is 2.15. The zero-order chi connectivity index (χ0) is 9.26. The van der Waals surface area contributed by atoms with Crippen LogP contribution >= 0.6 is 0 Å². The number of methoxy groups -OCH3 is 1. The number of hydrogen-bond donors (Lipinski definition) is 0. The molecule has 1 heterocycles. The standard InChI is InChI=1S/C11H13NO/c1-12-7-6-10-9(8-12)4-3-5-11(10)13-2/h3-7H,8H2,1-2H3. The maximum absolute atomic E-state index is 5.28. The Morgan fingerprint density at radius 1 is 1.38 bits per heavy atom. The summed E-state index contributed by atoms with van der Waals surface area (Å²) in [5, 5.41) is 0. The summed E-state index contributed by atoms with van der Waals surface area (Å²) in [6, 6.07) is 6.16.